The quantitative estimate of drug-likeness (QED) is 0.782. The highest BCUT2D eigenvalue weighted by Gasteiger charge is 2.51. The number of carbonyl (C=O) groups is 2. The smallest absolute Gasteiger partial charge is 0.161 e. The Balaban J connectivity index is 2.19. The molecule has 4 heteroatoms. The number of carbonyl (C=O) groups excluding carboxylic acids is 2. The largest absolute Gasteiger partial charge is 0.396 e. The van der Waals surface area contributed by atoms with Gasteiger partial charge in [0.15, 0.2) is 5.78 Å². The van der Waals surface area contributed by atoms with E-state index in [1.807, 2.05) is 19.9 Å². The van der Waals surface area contributed by atoms with E-state index >= 15 is 0 Å². The fraction of sp³-hybridized carbons (Fsp3) is 0.800. The summed E-state index contributed by atoms with van der Waals surface area (Å²) in [5.74, 6) is 0.0949. The first-order chi connectivity index (χ1) is 11.1. The molecule has 0 radical (unpaired) electrons. The van der Waals surface area contributed by atoms with Gasteiger partial charge in [0.1, 0.15) is 5.78 Å². The van der Waals surface area contributed by atoms with Gasteiger partial charge in [0.05, 0.1) is 6.10 Å². The van der Waals surface area contributed by atoms with Crippen LogP contribution in [0.2, 0.25) is 0 Å². The van der Waals surface area contributed by atoms with Crippen molar-refractivity contribution in [1.29, 1.82) is 0 Å². The first-order valence-electron chi connectivity index (χ1n) is 9.20. The van der Waals surface area contributed by atoms with Crippen molar-refractivity contribution in [2.24, 2.45) is 22.7 Å². The molecule has 0 heterocycles. The Labute approximate surface area is 145 Å². The lowest BCUT2D eigenvalue weighted by atomic mass is 9.52. The normalized spacial score (nSPS) is 36.2. The van der Waals surface area contributed by atoms with E-state index in [9.17, 15) is 19.8 Å². The summed E-state index contributed by atoms with van der Waals surface area (Å²) < 4.78 is 0. The standard InChI is InChI=1S/C20H32O4/c1-13(2)15(22)6-7-16(23)14-11-19(3)8-5-9-20(4,12-21)18(19)10-17(14)24/h11,13,17-18,21,24H,5-10,12H2,1-4H3/t17-,18-,19-,20+/m0/s1. The van der Waals surface area contributed by atoms with Crippen molar-refractivity contribution in [2.45, 2.75) is 72.3 Å². The van der Waals surface area contributed by atoms with Gasteiger partial charge in [-0.15, -0.1) is 0 Å². The molecule has 24 heavy (non-hydrogen) atoms. The molecule has 0 aromatic rings. The van der Waals surface area contributed by atoms with Crippen molar-refractivity contribution >= 4 is 11.6 Å². The zero-order chi connectivity index (χ0) is 18.1. The molecule has 4 atom stereocenters. The maximum Gasteiger partial charge on any atom is 0.161 e. The van der Waals surface area contributed by atoms with Crippen molar-refractivity contribution in [3.05, 3.63) is 11.6 Å². The number of ketones is 2. The second kappa shape index (κ2) is 7.09. The molecule has 0 amide bonds. The van der Waals surface area contributed by atoms with Gasteiger partial charge in [0.25, 0.3) is 0 Å². The highest BCUT2D eigenvalue weighted by atomic mass is 16.3. The van der Waals surface area contributed by atoms with E-state index < -0.39 is 6.10 Å². The first-order valence-corrected chi connectivity index (χ1v) is 9.20. The van der Waals surface area contributed by atoms with Gasteiger partial charge in [-0.25, -0.2) is 0 Å². The van der Waals surface area contributed by atoms with Crippen LogP contribution in [-0.2, 0) is 9.59 Å². The molecular weight excluding hydrogens is 304 g/mol. The number of rotatable bonds is 6. The lowest BCUT2D eigenvalue weighted by Crippen LogP contribution is -2.49. The van der Waals surface area contributed by atoms with Crippen molar-refractivity contribution in [1.82, 2.24) is 0 Å². The van der Waals surface area contributed by atoms with E-state index in [4.69, 9.17) is 0 Å². The molecule has 0 aromatic heterocycles. The van der Waals surface area contributed by atoms with E-state index in [0.29, 0.717) is 12.0 Å². The molecule has 0 bridgehead atoms. The summed E-state index contributed by atoms with van der Waals surface area (Å²) in [4.78, 5) is 24.3. The number of Topliss-reactive ketones (excluding diaryl/α,β-unsaturated/α-hetero) is 2. The minimum Gasteiger partial charge on any atom is -0.396 e. The first kappa shape index (κ1) is 19.3. The Kier molecular flexibility index (Phi) is 5.71. The predicted molar refractivity (Wildman–Crippen MR) is 93.4 cm³/mol. The summed E-state index contributed by atoms with van der Waals surface area (Å²) >= 11 is 0. The van der Waals surface area contributed by atoms with Crippen LogP contribution < -0.4 is 0 Å². The highest BCUT2D eigenvalue weighted by Crippen LogP contribution is 2.56. The summed E-state index contributed by atoms with van der Waals surface area (Å²) in [5.41, 5.74) is 0.113. The van der Waals surface area contributed by atoms with Crippen LogP contribution in [0.25, 0.3) is 0 Å². The Bertz CT molecular complexity index is 536. The number of aliphatic hydroxyl groups is 2. The van der Waals surface area contributed by atoms with Crippen LogP contribution in [0.1, 0.15) is 66.2 Å². The summed E-state index contributed by atoms with van der Waals surface area (Å²) in [6.07, 6.45) is 5.06. The topological polar surface area (TPSA) is 74.6 Å². The summed E-state index contributed by atoms with van der Waals surface area (Å²) in [7, 11) is 0. The lowest BCUT2D eigenvalue weighted by Gasteiger charge is -2.53. The molecule has 2 N–H and O–H groups in total. The van der Waals surface area contributed by atoms with Crippen LogP contribution in [0.5, 0.6) is 0 Å². The maximum absolute atomic E-state index is 12.6. The van der Waals surface area contributed by atoms with Crippen LogP contribution in [0, 0.1) is 22.7 Å². The second-order valence-electron chi connectivity index (χ2n) is 8.62. The third kappa shape index (κ3) is 3.65. The van der Waals surface area contributed by atoms with E-state index in [2.05, 4.69) is 13.8 Å². The van der Waals surface area contributed by atoms with Crippen LogP contribution >= 0.6 is 0 Å². The van der Waals surface area contributed by atoms with Crippen molar-refractivity contribution in [3.63, 3.8) is 0 Å². The highest BCUT2D eigenvalue weighted by molar-refractivity contribution is 5.98. The van der Waals surface area contributed by atoms with Crippen molar-refractivity contribution in [3.8, 4) is 0 Å². The third-order valence-electron chi connectivity index (χ3n) is 6.33. The molecule has 0 spiro atoms. The summed E-state index contributed by atoms with van der Waals surface area (Å²) in [6.45, 7) is 8.02. The molecular formula is C20H32O4. The number of fused-ring (bicyclic) bond motifs is 1. The SMILES string of the molecule is CC(C)C(=O)CCC(=O)C1=C[C@]2(C)CCC[C@](C)(CO)[C@H]2C[C@@H]1O. The van der Waals surface area contributed by atoms with Crippen LogP contribution in [0.4, 0.5) is 0 Å². The Hall–Kier alpha value is -1.00. The van der Waals surface area contributed by atoms with Gasteiger partial charge < -0.3 is 10.2 Å². The van der Waals surface area contributed by atoms with Gasteiger partial charge in [0, 0.05) is 30.9 Å². The molecule has 0 aromatic carbocycles. The Morgan fingerprint density at radius 3 is 2.50 bits per heavy atom. The van der Waals surface area contributed by atoms with Gasteiger partial charge in [-0.05, 0) is 36.0 Å². The predicted octanol–water partition coefficient (Wildman–Crippen LogP) is 3.06. The van der Waals surface area contributed by atoms with Crippen molar-refractivity contribution in [2.75, 3.05) is 6.61 Å². The van der Waals surface area contributed by atoms with Gasteiger partial charge >= 0.3 is 0 Å². The van der Waals surface area contributed by atoms with Gasteiger partial charge in [-0.3, -0.25) is 9.59 Å². The molecule has 2 rings (SSSR count). The minimum atomic E-state index is -0.784. The van der Waals surface area contributed by atoms with E-state index in [0.717, 1.165) is 19.3 Å². The van der Waals surface area contributed by atoms with Gasteiger partial charge in [0.2, 0.25) is 0 Å². The Morgan fingerprint density at radius 2 is 1.92 bits per heavy atom. The molecule has 2 aliphatic rings. The number of hydrogen-bond donors (Lipinski definition) is 2. The van der Waals surface area contributed by atoms with E-state index in [1.165, 1.54) is 0 Å². The number of aliphatic hydroxyl groups excluding tert-OH is 2. The number of allylic oxidation sites excluding steroid dienone is 1. The fourth-order valence-electron chi connectivity index (χ4n) is 4.67. The Morgan fingerprint density at radius 1 is 1.25 bits per heavy atom. The molecule has 0 saturated heterocycles. The van der Waals surface area contributed by atoms with Gasteiger partial charge in [-0.1, -0.05) is 40.2 Å². The zero-order valence-corrected chi connectivity index (χ0v) is 15.5. The average molecular weight is 336 g/mol. The lowest BCUT2D eigenvalue weighted by molar-refractivity contribution is -0.125. The molecule has 1 fully saturated rings. The molecule has 4 nitrogen and oxygen atoms in total. The van der Waals surface area contributed by atoms with E-state index in [-0.39, 0.29) is 53.7 Å². The molecule has 2 aliphatic carbocycles. The van der Waals surface area contributed by atoms with E-state index in [1.54, 1.807) is 0 Å². The van der Waals surface area contributed by atoms with Crippen LogP contribution in [-0.4, -0.2) is 34.5 Å². The average Bonchev–Trinajstić information content (AvgIpc) is 2.53. The van der Waals surface area contributed by atoms with Crippen molar-refractivity contribution < 1.29 is 19.8 Å². The molecule has 136 valence electrons. The van der Waals surface area contributed by atoms with Gasteiger partial charge in [-0.2, -0.15) is 0 Å². The second-order valence-corrected chi connectivity index (χ2v) is 8.62. The molecule has 0 unspecified atom stereocenters. The summed E-state index contributed by atoms with van der Waals surface area (Å²) in [6, 6.07) is 0. The monoisotopic (exact) mass is 336 g/mol. The van der Waals surface area contributed by atoms with Crippen LogP contribution in [0.15, 0.2) is 11.6 Å². The number of hydrogen-bond acceptors (Lipinski definition) is 4. The summed E-state index contributed by atoms with van der Waals surface area (Å²) in [5, 5.41) is 20.4. The minimum absolute atomic E-state index is 0.0615. The zero-order valence-electron chi connectivity index (χ0n) is 15.5. The maximum atomic E-state index is 12.6. The van der Waals surface area contributed by atoms with Crippen LogP contribution in [0.3, 0.4) is 0 Å². The fourth-order valence-corrected chi connectivity index (χ4v) is 4.67. The molecule has 0 aliphatic heterocycles. The molecule has 1 saturated carbocycles. The third-order valence-corrected chi connectivity index (χ3v) is 6.33.